The Balaban J connectivity index is 1.55. The van der Waals surface area contributed by atoms with Crippen molar-refractivity contribution in [3.63, 3.8) is 0 Å². The van der Waals surface area contributed by atoms with E-state index in [0.29, 0.717) is 12.4 Å². The molecule has 0 bridgehead atoms. The molecule has 1 N–H and O–H groups in total. The van der Waals surface area contributed by atoms with Gasteiger partial charge in [-0.1, -0.05) is 6.07 Å². The molecule has 1 atom stereocenters. The lowest BCUT2D eigenvalue weighted by Crippen LogP contribution is -2.36. The van der Waals surface area contributed by atoms with Gasteiger partial charge in [0.25, 0.3) is 5.91 Å². The van der Waals surface area contributed by atoms with Crippen LogP contribution in [0.3, 0.4) is 0 Å². The Bertz CT molecular complexity index is 628. The number of nitrogens with one attached hydrogen (secondary N) is 1. The first-order valence-corrected chi connectivity index (χ1v) is 7.87. The summed E-state index contributed by atoms with van der Waals surface area (Å²) in [5.74, 6) is 1.41. The van der Waals surface area contributed by atoms with Crippen LogP contribution in [0.2, 0.25) is 0 Å². The van der Waals surface area contributed by atoms with Crippen LogP contribution in [0.4, 0.5) is 0 Å². The van der Waals surface area contributed by atoms with Crippen molar-refractivity contribution >= 4 is 5.91 Å². The Morgan fingerprint density at radius 2 is 1.96 bits per heavy atom. The maximum absolute atomic E-state index is 11.9. The van der Waals surface area contributed by atoms with Gasteiger partial charge in [0, 0.05) is 24.5 Å². The lowest BCUT2D eigenvalue weighted by Gasteiger charge is -2.16. The van der Waals surface area contributed by atoms with Gasteiger partial charge in [0.2, 0.25) is 0 Å². The maximum atomic E-state index is 11.9. The molecule has 1 saturated heterocycles. The molecule has 2 aromatic rings. The number of hydrogen-bond acceptors (Lipinski definition) is 4. The molecule has 0 radical (unpaired) electrons. The topological polar surface area (TPSA) is 60.5 Å². The molecule has 120 valence electrons. The third kappa shape index (κ3) is 4.45. The van der Waals surface area contributed by atoms with Crippen LogP contribution in [-0.4, -0.2) is 23.5 Å². The molecule has 0 aliphatic carbocycles. The van der Waals surface area contributed by atoms with Crippen molar-refractivity contribution in [2.75, 3.05) is 6.54 Å². The third-order valence-corrected chi connectivity index (χ3v) is 3.72. The fraction of sp³-hybridized carbons (Fsp3) is 0.333. The second kappa shape index (κ2) is 7.63. The summed E-state index contributed by atoms with van der Waals surface area (Å²) in [6.07, 6.45) is 5.87. The van der Waals surface area contributed by atoms with E-state index in [0.717, 1.165) is 37.1 Å². The predicted molar refractivity (Wildman–Crippen MR) is 86.3 cm³/mol. The molecule has 5 nitrogen and oxygen atoms in total. The number of nitrogens with zero attached hydrogens (tertiary/aromatic N) is 1. The molecule has 1 aromatic heterocycles. The summed E-state index contributed by atoms with van der Waals surface area (Å²) in [6.45, 7) is 1.21. The zero-order valence-corrected chi connectivity index (χ0v) is 12.9. The molecule has 2 heterocycles. The summed E-state index contributed by atoms with van der Waals surface area (Å²) in [4.78, 5) is 15.9. The number of rotatable bonds is 5. The van der Waals surface area contributed by atoms with Gasteiger partial charge in [-0.05, 0) is 49.6 Å². The quantitative estimate of drug-likeness (QED) is 0.922. The number of amides is 1. The first kappa shape index (κ1) is 15.3. The monoisotopic (exact) mass is 312 g/mol. The highest BCUT2D eigenvalue weighted by molar-refractivity contribution is 5.81. The number of carbonyl (C=O) groups is 1. The lowest BCUT2D eigenvalue weighted by atomic mass is 10.2. The molecule has 1 fully saturated rings. The van der Waals surface area contributed by atoms with Crippen molar-refractivity contribution in [3.8, 4) is 11.5 Å². The minimum atomic E-state index is -0.403. The van der Waals surface area contributed by atoms with E-state index in [9.17, 15) is 4.79 Å². The molecule has 0 saturated carbocycles. The van der Waals surface area contributed by atoms with Crippen molar-refractivity contribution in [2.45, 2.75) is 32.0 Å². The van der Waals surface area contributed by atoms with E-state index in [4.69, 9.17) is 9.47 Å². The first-order chi connectivity index (χ1) is 11.3. The number of carbonyl (C=O) groups excluding carboxylic acids is 1. The summed E-state index contributed by atoms with van der Waals surface area (Å²) in [5.41, 5.74) is 1.02. The summed E-state index contributed by atoms with van der Waals surface area (Å²) in [7, 11) is 0. The second-order valence-corrected chi connectivity index (χ2v) is 5.51. The summed E-state index contributed by atoms with van der Waals surface area (Å²) in [6, 6.07) is 11.2. The SMILES string of the molecule is O=C1NCCCC[C@H]1Oc1ccc(OCc2cccnc2)cc1. The van der Waals surface area contributed by atoms with Gasteiger partial charge in [0.15, 0.2) is 6.10 Å². The summed E-state index contributed by atoms with van der Waals surface area (Å²) >= 11 is 0. The molecule has 0 unspecified atom stereocenters. The van der Waals surface area contributed by atoms with E-state index in [-0.39, 0.29) is 5.91 Å². The van der Waals surface area contributed by atoms with Crippen LogP contribution in [0.25, 0.3) is 0 Å². The van der Waals surface area contributed by atoms with Gasteiger partial charge in [-0.3, -0.25) is 9.78 Å². The molecule has 1 aliphatic heterocycles. The smallest absolute Gasteiger partial charge is 0.261 e. The Kier molecular flexibility index (Phi) is 5.09. The van der Waals surface area contributed by atoms with Gasteiger partial charge >= 0.3 is 0 Å². The fourth-order valence-electron chi connectivity index (χ4n) is 2.45. The van der Waals surface area contributed by atoms with Gasteiger partial charge < -0.3 is 14.8 Å². The largest absolute Gasteiger partial charge is 0.489 e. The summed E-state index contributed by atoms with van der Waals surface area (Å²) in [5, 5.41) is 2.87. The highest BCUT2D eigenvalue weighted by Crippen LogP contribution is 2.21. The lowest BCUT2D eigenvalue weighted by molar-refractivity contribution is -0.127. The molecule has 0 spiro atoms. The van der Waals surface area contributed by atoms with Crippen LogP contribution >= 0.6 is 0 Å². The van der Waals surface area contributed by atoms with Crippen LogP contribution in [0.15, 0.2) is 48.8 Å². The maximum Gasteiger partial charge on any atom is 0.261 e. The molecule has 1 aromatic carbocycles. The number of pyridine rings is 1. The van der Waals surface area contributed by atoms with Gasteiger partial charge in [0.05, 0.1) is 0 Å². The average Bonchev–Trinajstić information content (AvgIpc) is 2.80. The molecule has 1 amide bonds. The van der Waals surface area contributed by atoms with E-state index in [2.05, 4.69) is 10.3 Å². The van der Waals surface area contributed by atoms with Crippen LogP contribution in [0, 0.1) is 0 Å². The zero-order chi connectivity index (χ0) is 15.9. The average molecular weight is 312 g/mol. The van der Waals surface area contributed by atoms with Crippen LogP contribution in [0.5, 0.6) is 11.5 Å². The van der Waals surface area contributed by atoms with E-state index in [1.807, 2.05) is 36.4 Å². The fourth-order valence-corrected chi connectivity index (χ4v) is 2.45. The highest BCUT2D eigenvalue weighted by atomic mass is 16.5. The molecular weight excluding hydrogens is 292 g/mol. The highest BCUT2D eigenvalue weighted by Gasteiger charge is 2.22. The molecule has 5 heteroatoms. The molecule has 23 heavy (non-hydrogen) atoms. The van der Waals surface area contributed by atoms with Crippen molar-refractivity contribution in [2.24, 2.45) is 0 Å². The van der Waals surface area contributed by atoms with E-state index in [1.165, 1.54) is 0 Å². The van der Waals surface area contributed by atoms with Gasteiger partial charge in [-0.15, -0.1) is 0 Å². The van der Waals surface area contributed by atoms with Gasteiger partial charge in [-0.25, -0.2) is 0 Å². The number of aromatic nitrogens is 1. The normalized spacial score (nSPS) is 17.9. The van der Waals surface area contributed by atoms with Crippen molar-refractivity contribution in [3.05, 3.63) is 54.4 Å². The van der Waals surface area contributed by atoms with Crippen molar-refractivity contribution in [1.82, 2.24) is 10.3 Å². The zero-order valence-electron chi connectivity index (χ0n) is 12.9. The molecular formula is C18H20N2O3. The number of hydrogen-bond donors (Lipinski definition) is 1. The van der Waals surface area contributed by atoms with Crippen LogP contribution < -0.4 is 14.8 Å². The number of benzene rings is 1. The minimum Gasteiger partial charge on any atom is -0.489 e. The minimum absolute atomic E-state index is 0.0283. The Labute approximate surface area is 135 Å². The second-order valence-electron chi connectivity index (χ2n) is 5.51. The van der Waals surface area contributed by atoms with Gasteiger partial charge in [0.1, 0.15) is 18.1 Å². The molecule has 1 aliphatic rings. The molecule has 3 rings (SSSR count). The predicted octanol–water partition coefficient (Wildman–Crippen LogP) is 2.71. The van der Waals surface area contributed by atoms with Crippen LogP contribution in [0.1, 0.15) is 24.8 Å². The van der Waals surface area contributed by atoms with Crippen molar-refractivity contribution in [1.29, 1.82) is 0 Å². The Morgan fingerprint density at radius 3 is 2.74 bits per heavy atom. The standard InChI is InChI=1S/C18H20N2O3/c21-18-17(5-1-2-11-20-18)23-16-8-6-15(7-9-16)22-13-14-4-3-10-19-12-14/h3-4,6-10,12,17H,1-2,5,11,13H2,(H,20,21)/t17-/m1/s1. The summed E-state index contributed by atoms with van der Waals surface area (Å²) < 4.78 is 11.5. The van der Waals surface area contributed by atoms with E-state index < -0.39 is 6.10 Å². The van der Waals surface area contributed by atoms with E-state index >= 15 is 0 Å². The van der Waals surface area contributed by atoms with E-state index in [1.54, 1.807) is 12.4 Å². The van der Waals surface area contributed by atoms with Crippen LogP contribution in [-0.2, 0) is 11.4 Å². The van der Waals surface area contributed by atoms with Crippen molar-refractivity contribution < 1.29 is 14.3 Å². The van der Waals surface area contributed by atoms with Gasteiger partial charge in [-0.2, -0.15) is 0 Å². The Morgan fingerprint density at radius 1 is 1.13 bits per heavy atom. The number of ether oxygens (including phenoxy) is 2. The Hall–Kier alpha value is -2.56. The first-order valence-electron chi connectivity index (χ1n) is 7.87. The third-order valence-electron chi connectivity index (χ3n) is 3.72.